The van der Waals surface area contributed by atoms with Gasteiger partial charge in [-0.25, -0.2) is 4.79 Å². The molecule has 0 aliphatic rings. The van der Waals surface area contributed by atoms with Gasteiger partial charge in [-0.15, -0.1) is 11.3 Å². The maximum absolute atomic E-state index is 11.7. The monoisotopic (exact) mass is 283 g/mol. The minimum atomic E-state index is -0.589. The molecule has 0 saturated heterocycles. The lowest BCUT2D eigenvalue weighted by atomic mass is 10.2. The molecule has 106 valence electrons. The number of hydrogen-bond acceptors (Lipinski definition) is 4. The van der Waals surface area contributed by atoms with Gasteiger partial charge in [-0.1, -0.05) is 25.8 Å². The van der Waals surface area contributed by atoms with Crippen LogP contribution in [0, 0.1) is 0 Å². The lowest BCUT2D eigenvalue weighted by Gasteiger charge is -2.13. The van der Waals surface area contributed by atoms with E-state index in [1.165, 1.54) is 11.3 Å². The lowest BCUT2D eigenvalue weighted by molar-refractivity contribution is -0.147. The summed E-state index contributed by atoms with van der Waals surface area (Å²) in [5.41, 5.74) is 0. The highest BCUT2D eigenvalue weighted by molar-refractivity contribution is 7.10. The average molecular weight is 283 g/mol. The van der Waals surface area contributed by atoms with Gasteiger partial charge in [-0.3, -0.25) is 4.79 Å². The van der Waals surface area contributed by atoms with Crippen molar-refractivity contribution in [2.45, 2.75) is 45.6 Å². The molecule has 5 heteroatoms. The van der Waals surface area contributed by atoms with Crippen molar-refractivity contribution in [1.29, 1.82) is 0 Å². The van der Waals surface area contributed by atoms with E-state index in [2.05, 4.69) is 12.2 Å². The Hall–Kier alpha value is -1.36. The van der Waals surface area contributed by atoms with Gasteiger partial charge in [-0.05, 0) is 24.8 Å². The zero-order valence-electron chi connectivity index (χ0n) is 11.5. The average Bonchev–Trinajstić information content (AvgIpc) is 2.86. The Labute approximate surface area is 118 Å². The third-order valence-corrected chi connectivity index (χ3v) is 3.51. The molecule has 1 N–H and O–H groups in total. The molecule has 4 nitrogen and oxygen atoms in total. The third-order valence-electron chi connectivity index (χ3n) is 2.64. The molecule has 0 saturated carbocycles. The van der Waals surface area contributed by atoms with Gasteiger partial charge in [0.05, 0.1) is 13.0 Å². The maximum Gasteiger partial charge on any atom is 0.328 e. The minimum Gasteiger partial charge on any atom is -0.464 e. The van der Waals surface area contributed by atoms with Crippen LogP contribution in [0.4, 0.5) is 0 Å². The van der Waals surface area contributed by atoms with Gasteiger partial charge in [0.2, 0.25) is 5.91 Å². The first-order valence-corrected chi connectivity index (χ1v) is 7.49. The SMILES string of the molecule is CCCCCOC(=O)[C@H](C)NC(=O)Cc1cccs1. The molecule has 1 aromatic rings. The standard InChI is InChI=1S/C14H21NO3S/c1-3-4-5-8-18-14(17)11(2)15-13(16)10-12-7-6-9-19-12/h6-7,9,11H,3-5,8,10H2,1-2H3,(H,15,16)/t11-/m0/s1. The number of hydrogen-bond donors (Lipinski definition) is 1. The smallest absolute Gasteiger partial charge is 0.328 e. The molecule has 0 aliphatic heterocycles. The summed E-state index contributed by atoms with van der Waals surface area (Å²) in [4.78, 5) is 24.3. The van der Waals surface area contributed by atoms with Crippen LogP contribution in [0.2, 0.25) is 0 Å². The Bertz CT molecular complexity index is 389. The third kappa shape index (κ3) is 6.38. The highest BCUT2D eigenvalue weighted by atomic mass is 32.1. The second kappa shape index (κ2) is 8.69. The van der Waals surface area contributed by atoms with Gasteiger partial charge < -0.3 is 10.1 Å². The molecule has 1 amide bonds. The minimum absolute atomic E-state index is 0.152. The van der Waals surface area contributed by atoms with Crippen molar-refractivity contribution >= 4 is 23.2 Å². The summed E-state index contributed by atoms with van der Waals surface area (Å²) in [6.07, 6.45) is 3.32. The fourth-order valence-corrected chi connectivity index (χ4v) is 2.28. The van der Waals surface area contributed by atoms with E-state index in [4.69, 9.17) is 4.74 Å². The molecule has 0 aliphatic carbocycles. The van der Waals surface area contributed by atoms with Crippen molar-refractivity contribution in [3.05, 3.63) is 22.4 Å². The predicted molar refractivity (Wildman–Crippen MR) is 76.1 cm³/mol. The molecule has 1 rings (SSSR count). The largest absolute Gasteiger partial charge is 0.464 e. The molecule has 0 fully saturated rings. The van der Waals surface area contributed by atoms with Gasteiger partial charge in [-0.2, -0.15) is 0 Å². The second-order valence-corrected chi connectivity index (χ2v) is 5.45. The van der Waals surface area contributed by atoms with Crippen LogP contribution in [0.15, 0.2) is 17.5 Å². The molecular weight excluding hydrogens is 262 g/mol. The van der Waals surface area contributed by atoms with Crippen molar-refractivity contribution in [1.82, 2.24) is 5.32 Å². The summed E-state index contributed by atoms with van der Waals surface area (Å²) < 4.78 is 5.09. The van der Waals surface area contributed by atoms with Crippen LogP contribution in [-0.4, -0.2) is 24.5 Å². The lowest BCUT2D eigenvalue weighted by Crippen LogP contribution is -2.40. The first-order valence-electron chi connectivity index (χ1n) is 6.62. The maximum atomic E-state index is 11.7. The van der Waals surface area contributed by atoms with Crippen molar-refractivity contribution in [2.24, 2.45) is 0 Å². The topological polar surface area (TPSA) is 55.4 Å². The molecule has 0 spiro atoms. The molecule has 1 atom stereocenters. The fraction of sp³-hybridized carbons (Fsp3) is 0.571. The van der Waals surface area contributed by atoms with E-state index in [9.17, 15) is 9.59 Å². The Morgan fingerprint density at radius 2 is 2.21 bits per heavy atom. The van der Waals surface area contributed by atoms with E-state index in [0.29, 0.717) is 13.0 Å². The van der Waals surface area contributed by atoms with Gasteiger partial charge in [0.1, 0.15) is 6.04 Å². The molecule has 0 radical (unpaired) electrons. The Morgan fingerprint density at radius 1 is 1.42 bits per heavy atom. The Kier molecular flexibility index (Phi) is 7.18. The highest BCUT2D eigenvalue weighted by Crippen LogP contribution is 2.09. The number of ether oxygens (including phenoxy) is 1. The van der Waals surface area contributed by atoms with Crippen LogP contribution in [-0.2, 0) is 20.7 Å². The van der Waals surface area contributed by atoms with Crippen LogP contribution < -0.4 is 5.32 Å². The zero-order chi connectivity index (χ0) is 14.1. The molecule has 0 aromatic carbocycles. The van der Waals surface area contributed by atoms with Gasteiger partial charge in [0.15, 0.2) is 0 Å². The van der Waals surface area contributed by atoms with Crippen LogP contribution in [0.1, 0.15) is 38.0 Å². The molecule has 1 aromatic heterocycles. The number of carbonyl (C=O) groups excluding carboxylic acids is 2. The van der Waals surface area contributed by atoms with Crippen molar-refractivity contribution < 1.29 is 14.3 Å². The number of rotatable bonds is 8. The summed E-state index contributed by atoms with van der Waals surface area (Å²) in [5.74, 6) is -0.518. The number of amides is 1. The van der Waals surface area contributed by atoms with Crippen molar-refractivity contribution in [2.75, 3.05) is 6.61 Å². The normalized spacial score (nSPS) is 11.9. The first-order chi connectivity index (χ1) is 9.13. The van der Waals surface area contributed by atoms with E-state index < -0.39 is 6.04 Å². The van der Waals surface area contributed by atoms with Crippen LogP contribution in [0.3, 0.4) is 0 Å². The van der Waals surface area contributed by atoms with Crippen LogP contribution >= 0.6 is 11.3 Å². The van der Waals surface area contributed by atoms with E-state index >= 15 is 0 Å². The highest BCUT2D eigenvalue weighted by Gasteiger charge is 2.17. The molecule has 19 heavy (non-hydrogen) atoms. The van der Waals surface area contributed by atoms with E-state index in [0.717, 1.165) is 24.1 Å². The van der Waals surface area contributed by atoms with E-state index in [1.54, 1.807) is 6.92 Å². The number of thiophene rings is 1. The van der Waals surface area contributed by atoms with E-state index in [-0.39, 0.29) is 11.9 Å². The summed E-state index contributed by atoms with van der Waals surface area (Å²) in [7, 11) is 0. The summed E-state index contributed by atoms with van der Waals surface area (Å²) in [6.45, 7) is 4.17. The number of unbranched alkanes of at least 4 members (excludes halogenated alkanes) is 2. The first kappa shape index (κ1) is 15.7. The molecule has 0 bridgehead atoms. The van der Waals surface area contributed by atoms with Gasteiger partial charge in [0.25, 0.3) is 0 Å². The summed E-state index contributed by atoms with van der Waals surface area (Å²) in [5, 5.41) is 4.58. The molecular formula is C14H21NO3S. The van der Waals surface area contributed by atoms with Crippen LogP contribution in [0.25, 0.3) is 0 Å². The molecule has 1 heterocycles. The second-order valence-electron chi connectivity index (χ2n) is 4.42. The number of esters is 1. The van der Waals surface area contributed by atoms with E-state index in [1.807, 2.05) is 17.5 Å². The quantitative estimate of drug-likeness (QED) is 0.589. The Morgan fingerprint density at radius 3 is 2.84 bits per heavy atom. The fourth-order valence-electron chi connectivity index (χ4n) is 1.57. The summed E-state index contributed by atoms with van der Waals surface area (Å²) in [6, 6.07) is 3.21. The number of carbonyl (C=O) groups is 2. The van der Waals surface area contributed by atoms with Gasteiger partial charge >= 0.3 is 5.97 Å². The number of nitrogens with one attached hydrogen (secondary N) is 1. The predicted octanol–water partition coefficient (Wildman–Crippen LogP) is 2.53. The molecule has 0 unspecified atom stereocenters. The van der Waals surface area contributed by atoms with Crippen molar-refractivity contribution in [3.63, 3.8) is 0 Å². The van der Waals surface area contributed by atoms with Crippen LogP contribution in [0.5, 0.6) is 0 Å². The van der Waals surface area contributed by atoms with Gasteiger partial charge in [0, 0.05) is 4.88 Å². The van der Waals surface area contributed by atoms with Crippen molar-refractivity contribution in [3.8, 4) is 0 Å². The zero-order valence-corrected chi connectivity index (χ0v) is 12.3. The summed E-state index contributed by atoms with van der Waals surface area (Å²) >= 11 is 1.53. The Balaban J connectivity index is 2.23.